The zero-order chi connectivity index (χ0) is 16.2. The standard InChI is InChI=1S/C17H15FN2O3/c18-15-7-2-1-4-12(15)10-16(21)19-13-5-3-6-14(11-13)20-8-9-23-17(20)22/h1-7,11H,8-10H2,(H,19,21). The Morgan fingerprint density at radius 1 is 1.22 bits per heavy atom. The molecule has 0 aliphatic carbocycles. The molecule has 118 valence electrons. The fourth-order valence-electron chi connectivity index (χ4n) is 2.40. The van der Waals surface area contributed by atoms with Gasteiger partial charge in [0.15, 0.2) is 0 Å². The van der Waals surface area contributed by atoms with Crippen LogP contribution in [0.15, 0.2) is 48.5 Å². The Hall–Kier alpha value is -2.89. The number of nitrogens with one attached hydrogen (secondary N) is 1. The molecule has 0 bridgehead atoms. The molecule has 0 radical (unpaired) electrons. The van der Waals surface area contributed by atoms with Gasteiger partial charge in [-0.3, -0.25) is 9.69 Å². The van der Waals surface area contributed by atoms with Crippen molar-refractivity contribution < 1.29 is 18.7 Å². The molecular weight excluding hydrogens is 299 g/mol. The van der Waals surface area contributed by atoms with E-state index >= 15 is 0 Å². The van der Waals surface area contributed by atoms with Crippen LogP contribution in [0.4, 0.5) is 20.6 Å². The van der Waals surface area contributed by atoms with Gasteiger partial charge in [0.1, 0.15) is 12.4 Å². The minimum absolute atomic E-state index is 0.0529. The first-order valence-electron chi connectivity index (χ1n) is 7.21. The summed E-state index contributed by atoms with van der Waals surface area (Å²) in [6.45, 7) is 0.828. The summed E-state index contributed by atoms with van der Waals surface area (Å²) in [4.78, 5) is 25.1. The molecule has 6 heteroatoms. The molecule has 1 fully saturated rings. The summed E-state index contributed by atoms with van der Waals surface area (Å²) in [5.41, 5.74) is 1.53. The molecule has 0 aromatic heterocycles. The number of rotatable bonds is 4. The van der Waals surface area contributed by atoms with Crippen molar-refractivity contribution in [3.8, 4) is 0 Å². The first kappa shape index (κ1) is 15.0. The Bertz CT molecular complexity index is 748. The average Bonchev–Trinajstić information content (AvgIpc) is 2.96. The molecule has 0 unspecified atom stereocenters. The van der Waals surface area contributed by atoms with Crippen LogP contribution in [0.5, 0.6) is 0 Å². The predicted molar refractivity (Wildman–Crippen MR) is 83.9 cm³/mol. The summed E-state index contributed by atoms with van der Waals surface area (Å²) >= 11 is 0. The monoisotopic (exact) mass is 314 g/mol. The largest absolute Gasteiger partial charge is 0.447 e. The highest BCUT2D eigenvalue weighted by Gasteiger charge is 2.23. The molecule has 2 aromatic rings. The van der Waals surface area contributed by atoms with Crippen LogP contribution in [-0.4, -0.2) is 25.2 Å². The number of hydrogen-bond acceptors (Lipinski definition) is 3. The summed E-state index contributed by atoms with van der Waals surface area (Å²) in [5.74, 6) is -0.729. The second-order valence-corrected chi connectivity index (χ2v) is 5.13. The first-order valence-corrected chi connectivity index (χ1v) is 7.21. The zero-order valence-electron chi connectivity index (χ0n) is 12.3. The molecule has 3 rings (SSSR count). The number of nitrogens with zero attached hydrogens (tertiary/aromatic N) is 1. The first-order chi connectivity index (χ1) is 11.1. The smallest absolute Gasteiger partial charge is 0.414 e. The summed E-state index contributed by atoms with van der Waals surface area (Å²) in [7, 11) is 0. The van der Waals surface area contributed by atoms with Gasteiger partial charge in [-0.15, -0.1) is 0 Å². The number of amides is 2. The molecule has 23 heavy (non-hydrogen) atoms. The number of hydrogen-bond donors (Lipinski definition) is 1. The summed E-state index contributed by atoms with van der Waals surface area (Å²) < 4.78 is 18.5. The Morgan fingerprint density at radius 2 is 2.04 bits per heavy atom. The van der Waals surface area contributed by atoms with Crippen LogP contribution >= 0.6 is 0 Å². The van der Waals surface area contributed by atoms with E-state index in [9.17, 15) is 14.0 Å². The molecule has 0 atom stereocenters. The lowest BCUT2D eigenvalue weighted by Crippen LogP contribution is -2.23. The SMILES string of the molecule is O=C(Cc1ccccc1F)Nc1cccc(N2CCOC2=O)c1. The lowest BCUT2D eigenvalue weighted by Gasteiger charge is -2.14. The quantitative estimate of drug-likeness (QED) is 0.944. The van der Waals surface area contributed by atoms with Crippen LogP contribution < -0.4 is 10.2 Å². The van der Waals surface area contributed by atoms with Crippen molar-refractivity contribution in [1.82, 2.24) is 0 Å². The molecule has 2 aromatic carbocycles. The second-order valence-electron chi connectivity index (χ2n) is 5.13. The number of carbonyl (C=O) groups is 2. The van der Waals surface area contributed by atoms with E-state index in [1.807, 2.05) is 0 Å². The molecule has 1 aliphatic heterocycles. The van der Waals surface area contributed by atoms with Crippen LogP contribution in [0.1, 0.15) is 5.56 Å². The number of halogens is 1. The lowest BCUT2D eigenvalue weighted by atomic mass is 10.1. The Morgan fingerprint density at radius 3 is 2.78 bits per heavy atom. The molecular formula is C17H15FN2O3. The third-order valence-electron chi connectivity index (χ3n) is 3.51. The Balaban J connectivity index is 1.69. The van der Waals surface area contributed by atoms with E-state index in [4.69, 9.17) is 4.74 Å². The van der Waals surface area contributed by atoms with Gasteiger partial charge < -0.3 is 10.1 Å². The van der Waals surface area contributed by atoms with Crippen LogP contribution in [0.25, 0.3) is 0 Å². The van der Waals surface area contributed by atoms with Gasteiger partial charge in [0.2, 0.25) is 5.91 Å². The number of anilines is 2. The molecule has 1 N–H and O–H groups in total. The van der Waals surface area contributed by atoms with E-state index < -0.39 is 11.9 Å². The van der Waals surface area contributed by atoms with Gasteiger partial charge in [-0.25, -0.2) is 9.18 Å². The molecule has 1 saturated heterocycles. The molecule has 1 heterocycles. The molecule has 2 amide bonds. The highest BCUT2D eigenvalue weighted by atomic mass is 19.1. The fourth-order valence-corrected chi connectivity index (χ4v) is 2.40. The third-order valence-corrected chi connectivity index (χ3v) is 3.51. The minimum atomic E-state index is -0.406. The Labute approximate surface area is 132 Å². The maximum absolute atomic E-state index is 13.6. The summed E-state index contributed by atoms with van der Waals surface area (Å²) in [6.07, 6.45) is -0.456. The minimum Gasteiger partial charge on any atom is -0.447 e. The molecule has 5 nitrogen and oxygen atoms in total. The number of benzene rings is 2. The van der Waals surface area contributed by atoms with Crippen LogP contribution in [0.3, 0.4) is 0 Å². The van der Waals surface area contributed by atoms with Gasteiger partial charge >= 0.3 is 6.09 Å². The highest BCUT2D eigenvalue weighted by Crippen LogP contribution is 2.22. The van der Waals surface area contributed by atoms with Gasteiger partial charge in [0, 0.05) is 11.4 Å². The van der Waals surface area contributed by atoms with E-state index in [0.29, 0.717) is 30.1 Å². The second kappa shape index (κ2) is 6.48. The predicted octanol–water partition coefficient (Wildman–Crippen LogP) is 2.96. The topological polar surface area (TPSA) is 58.6 Å². The normalized spacial score (nSPS) is 13.8. The number of cyclic esters (lactones) is 1. The van der Waals surface area contributed by atoms with Gasteiger partial charge in [0.05, 0.1) is 13.0 Å². The lowest BCUT2D eigenvalue weighted by molar-refractivity contribution is -0.115. The van der Waals surface area contributed by atoms with Crippen molar-refractivity contribution in [3.05, 3.63) is 59.9 Å². The maximum Gasteiger partial charge on any atom is 0.414 e. The van der Waals surface area contributed by atoms with Crippen molar-refractivity contribution >= 4 is 23.4 Å². The molecule has 0 spiro atoms. The molecule has 0 saturated carbocycles. The van der Waals surface area contributed by atoms with Crippen LogP contribution in [0.2, 0.25) is 0 Å². The van der Waals surface area contributed by atoms with Crippen LogP contribution in [-0.2, 0) is 16.0 Å². The van der Waals surface area contributed by atoms with E-state index in [1.165, 1.54) is 11.0 Å². The van der Waals surface area contributed by atoms with E-state index in [1.54, 1.807) is 42.5 Å². The van der Waals surface area contributed by atoms with Crippen molar-refractivity contribution in [3.63, 3.8) is 0 Å². The van der Waals surface area contributed by atoms with Crippen molar-refractivity contribution in [2.45, 2.75) is 6.42 Å². The number of ether oxygens (including phenoxy) is 1. The highest BCUT2D eigenvalue weighted by molar-refractivity contribution is 5.94. The maximum atomic E-state index is 13.6. The third kappa shape index (κ3) is 3.48. The van der Waals surface area contributed by atoms with E-state index in [-0.39, 0.29) is 12.3 Å². The van der Waals surface area contributed by atoms with Gasteiger partial charge in [-0.1, -0.05) is 24.3 Å². The van der Waals surface area contributed by atoms with Crippen molar-refractivity contribution in [1.29, 1.82) is 0 Å². The summed E-state index contributed by atoms with van der Waals surface area (Å²) in [5, 5.41) is 2.71. The van der Waals surface area contributed by atoms with Crippen molar-refractivity contribution in [2.75, 3.05) is 23.4 Å². The Kier molecular flexibility index (Phi) is 4.23. The summed E-state index contributed by atoms with van der Waals surface area (Å²) in [6, 6.07) is 13.1. The molecule has 1 aliphatic rings. The zero-order valence-corrected chi connectivity index (χ0v) is 12.3. The van der Waals surface area contributed by atoms with Gasteiger partial charge in [0.25, 0.3) is 0 Å². The van der Waals surface area contributed by atoms with Gasteiger partial charge in [-0.05, 0) is 29.8 Å². The van der Waals surface area contributed by atoms with Crippen LogP contribution in [0, 0.1) is 5.82 Å². The van der Waals surface area contributed by atoms with Crippen molar-refractivity contribution in [2.24, 2.45) is 0 Å². The van der Waals surface area contributed by atoms with E-state index in [2.05, 4.69) is 5.32 Å². The van der Waals surface area contributed by atoms with Gasteiger partial charge in [-0.2, -0.15) is 0 Å². The fraction of sp³-hybridized carbons (Fsp3) is 0.176. The average molecular weight is 314 g/mol. The number of carbonyl (C=O) groups excluding carboxylic acids is 2. The van der Waals surface area contributed by atoms with E-state index in [0.717, 1.165) is 0 Å².